The molecule has 0 saturated heterocycles. The molecule has 0 radical (unpaired) electrons. The Kier molecular flexibility index (Phi) is 5.35. The molecule has 0 fully saturated rings. The van der Waals surface area contributed by atoms with Crippen LogP contribution in [0.4, 0.5) is 0 Å². The van der Waals surface area contributed by atoms with Crippen LogP contribution in [0.15, 0.2) is 47.3 Å². The van der Waals surface area contributed by atoms with Gasteiger partial charge in [-0.15, -0.1) is 0 Å². The Hall–Kier alpha value is -1.62. The van der Waals surface area contributed by atoms with Crippen molar-refractivity contribution in [2.45, 2.75) is 19.2 Å². The van der Waals surface area contributed by atoms with E-state index in [1.54, 1.807) is 19.6 Å². The molecule has 4 heteroatoms. The molecule has 2 aromatic rings. The summed E-state index contributed by atoms with van der Waals surface area (Å²) in [5.41, 5.74) is 9.50. The van der Waals surface area contributed by atoms with E-state index >= 15 is 0 Å². The van der Waals surface area contributed by atoms with Gasteiger partial charge in [-0.3, -0.25) is 4.90 Å². The van der Waals surface area contributed by atoms with Gasteiger partial charge in [0.1, 0.15) is 0 Å². The lowest BCUT2D eigenvalue weighted by molar-refractivity contribution is 0.184. The molecule has 1 aromatic heterocycles. The molecule has 2 N–H and O–H groups in total. The van der Waals surface area contributed by atoms with Gasteiger partial charge in [0, 0.05) is 31.8 Å². The number of ether oxygens (including phenoxy) is 1. The van der Waals surface area contributed by atoms with Crippen molar-refractivity contribution in [1.29, 1.82) is 0 Å². The molecule has 20 heavy (non-hydrogen) atoms. The van der Waals surface area contributed by atoms with Gasteiger partial charge in [0.25, 0.3) is 0 Å². The maximum Gasteiger partial charge on any atom is 0.0947 e. The van der Waals surface area contributed by atoms with Crippen LogP contribution in [0.3, 0.4) is 0 Å². The fraction of sp³-hybridized carbons (Fsp3) is 0.375. The lowest BCUT2D eigenvalue weighted by Crippen LogP contribution is -2.30. The number of nitrogens with two attached hydrogens (primary N) is 1. The van der Waals surface area contributed by atoms with Gasteiger partial charge in [-0.2, -0.15) is 0 Å². The Balaban J connectivity index is 2.12. The fourth-order valence-electron chi connectivity index (χ4n) is 2.41. The molecule has 0 bridgehead atoms. The fourth-order valence-corrected chi connectivity index (χ4v) is 2.41. The molecule has 1 heterocycles. The lowest BCUT2D eigenvalue weighted by Gasteiger charge is -2.27. The third-order valence-corrected chi connectivity index (χ3v) is 3.41. The highest BCUT2D eigenvalue weighted by molar-refractivity contribution is 5.26. The van der Waals surface area contributed by atoms with Crippen LogP contribution in [-0.2, 0) is 17.9 Å². The summed E-state index contributed by atoms with van der Waals surface area (Å²) in [6.45, 7) is 2.01. The Morgan fingerprint density at radius 3 is 2.80 bits per heavy atom. The summed E-state index contributed by atoms with van der Waals surface area (Å²) in [7, 11) is 3.78. The van der Waals surface area contributed by atoms with Gasteiger partial charge in [0.2, 0.25) is 0 Å². The predicted octanol–water partition coefficient (Wildman–Crippen LogP) is 2.56. The Morgan fingerprint density at radius 2 is 2.15 bits per heavy atom. The number of benzene rings is 1. The van der Waals surface area contributed by atoms with E-state index in [-0.39, 0.29) is 6.04 Å². The van der Waals surface area contributed by atoms with Crippen molar-refractivity contribution in [3.05, 3.63) is 59.5 Å². The third kappa shape index (κ3) is 3.70. The van der Waals surface area contributed by atoms with Gasteiger partial charge < -0.3 is 14.9 Å². The number of rotatable bonds is 7. The summed E-state index contributed by atoms with van der Waals surface area (Å²) in [4.78, 5) is 2.23. The first-order valence-electron chi connectivity index (χ1n) is 6.73. The van der Waals surface area contributed by atoms with Gasteiger partial charge in [-0.05, 0) is 24.2 Å². The average Bonchev–Trinajstić information content (AvgIpc) is 2.93. The molecule has 0 aliphatic rings. The van der Waals surface area contributed by atoms with E-state index < -0.39 is 0 Å². The number of nitrogens with zero attached hydrogens (tertiary/aromatic N) is 1. The van der Waals surface area contributed by atoms with E-state index in [0.29, 0.717) is 13.2 Å². The van der Waals surface area contributed by atoms with E-state index in [1.165, 1.54) is 11.1 Å². The van der Waals surface area contributed by atoms with E-state index in [1.807, 2.05) is 6.07 Å². The first-order chi connectivity index (χ1) is 9.74. The molecule has 1 unspecified atom stereocenters. The van der Waals surface area contributed by atoms with E-state index in [4.69, 9.17) is 14.9 Å². The van der Waals surface area contributed by atoms with Crippen LogP contribution in [0.5, 0.6) is 0 Å². The SMILES string of the molecule is COCc1cccc(C(CN)N(C)Cc2ccoc2)c1. The van der Waals surface area contributed by atoms with Crippen molar-refractivity contribution in [2.24, 2.45) is 5.73 Å². The molecular weight excluding hydrogens is 252 g/mol. The molecule has 0 saturated carbocycles. The van der Waals surface area contributed by atoms with Crippen LogP contribution in [0, 0.1) is 0 Å². The largest absolute Gasteiger partial charge is 0.472 e. The number of likely N-dealkylation sites (N-methyl/N-ethyl adjacent to an activating group) is 1. The van der Waals surface area contributed by atoms with Crippen LogP contribution >= 0.6 is 0 Å². The minimum Gasteiger partial charge on any atom is -0.472 e. The topological polar surface area (TPSA) is 51.6 Å². The second-order valence-corrected chi connectivity index (χ2v) is 4.98. The molecule has 1 atom stereocenters. The van der Waals surface area contributed by atoms with Crippen LogP contribution in [0.25, 0.3) is 0 Å². The van der Waals surface area contributed by atoms with Crippen molar-refractivity contribution < 1.29 is 9.15 Å². The van der Waals surface area contributed by atoms with Gasteiger partial charge in [-0.1, -0.05) is 24.3 Å². The zero-order valence-corrected chi connectivity index (χ0v) is 12.1. The standard InChI is InChI=1S/C16H22N2O2/c1-18(10-14-6-7-20-12-14)16(9-17)15-5-3-4-13(8-15)11-19-2/h3-8,12,16H,9-11,17H2,1-2H3. The Morgan fingerprint density at radius 1 is 1.30 bits per heavy atom. The lowest BCUT2D eigenvalue weighted by atomic mass is 10.0. The first-order valence-corrected chi connectivity index (χ1v) is 6.73. The average molecular weight is 274 g/mol. The minimum absolute atomic E-state index is 0.182. The molecule has 2 rings (SSSR count). The summed E-state index contributed by atoms with van der Waals surface area (Å²) < 4.78 is 10.3. The van der Waals surface area contributed by atoms with E-state index in [0.717, 1.165) is 12.1 Å². The first kappa shape index (κ1) is 14.8. The summed E-state index contributed by atoms with van der Waals surface area (Å²) in [6, 6.07) is 10.6. The smallest absolute Gasteiger partial charge is 0.0947 e. The second kappa shape index (κ2) is 7.24. The maximum absolute atomic E-state index is 5.96. The monoisotopic (exact) mass is 274 g/mol. The van der Waals surface area contributed by atoms with Crippen molar-refractivity contribution in [3.8, 4) is 0 Å². The molecule has 1 aromatic carbocycles. The summed E-state index contributed by atoms with van der Waals surface area (Å²) in [5.74, 6) is 0. The minimum atomic E-state index is 0.182. The Labute approximate surface area is 120 Å². The second-order valence-electron chi connectivity index (χ2n) is 4.98. The van der Waals surface area contributed by atoms with Gasteiger partial charge in [0.15, 0.2) is 0 Å². The number of hydrogen-bond acceptors (Lipinski definition) is 4. The molecule has 0 spiro atoms. The molecular formula is C16H22N2O2. The highest BCUT2D eigenvalue weighted by atomic mass is 16.5. The zero-order chi connectivity index (χ0) is 14.4. The van der Waals surface area contributed by atoms with Gasteiger partial charge >= 0.3 is 0 Å². The maximum atomic E-state index is 5.96. The highest BCUT2D eigenvalue weighted by Crippen LogP contribution is 2.21. The third-order valence-electron chi connectivity index (χ3n) is 3.41. The van der Waals surface area contributed by atoms with Crippen LogP contribution in [0.2, 0.25) is 0 Å². The summed E-state index contributed by atoms with van der Waals surface area (Å²) in [6.07, 6.45) is 3.46. The van der Waals surface area contributed by atoms with E-state index in [9.17, 15) is 0 Å². The summed E-state index contributed by atoms with van der Waals surface area (Å²) >= 11 is 0. The van der Waals surface area contributed by atoms with Crippen LogP contribution < -0.4 is 5.73 Å². The molecule has 0 aliphatic heterocycles. The highest BCUT2D eigenvalue weighted by Gasteiger charge is 2.16. The predicted molar refractivity (Wildman–Crippen MR) is 79.1 cm³/mol. The Bertz CT molecular complexity index is 511. The molecule has 0 aliphatic carbocycles. The van der Waals surface area contributed by atoms with Crippen molar-refractivity contribution >= 4 is 0 Å². The van der Waals surface area contributed by atoms with Crippen molar-refractivity contribution in [2.75, 3.05) is 20.7 Å². The van der Waals surface area contributed by atoms with Gasteiger partial charge in [0.05, 0.1) is 19.1 Å². The number of methoxy groups -OCH3 is 1. The quantitative estimate of drug-likeness (QED) is 0.843. The molecule has 4 nitrogen and oxygen atoms in total. The number of hydrogen-bond donors (Lipinski definition) is 1. The van der Waals surface area contributed by atoms with Gasteiger partial charge in [-0.25, -0.2) is 0 Å². The molecule has 0 amide bonds. The summed E-state index contributed by atoms with van der Waals surface area (Å²) in [5, 5.41) is 0. The van der Waals surface area contributed by atoms with E-state index in [2.05, 4.69) is 36.2 Å². The van der Waals surface area contributed by atoms with Crippen molar-refractivity contribution in [1.82, 2.24) is 4.90 Å². The van der Waals surface area contributed by atoms with Crippen molar-refractivity contribution in [3.63, 3.8) is 0 Å². The molecule has 108 valence electrons. The van der Waals surface area contributed by atoms with Crippen LogP contribution in [0.1, 0.15) is 22.7 Å². The zero-order valence-electron chi connectivity index (χ0n) is 12.1. The normalized spacial score (nSPS) is 12.8. The number of furan rings is 1. The van der Waals surface area contributed by atoms with Crippen LogP contribution in [-0.4, -0.2) is 25.6 Å².